The fraction of sp³-hybridized carbons (Fsp3) is 1.00. The average Bonchev–Trinajstić information content (AvgIpc) is 2.22. The molecule has 86 valence electrons. The number of nitrogens with two attached hydrogens (primary N) is 3. The van der Waals surface area contributed by atoms with E-state index in [0.717, 1.165) is 38.8 Å². The normalized spacial score (nSPS) is 15.9. The molecule has 0 aromatic heterocycles. The molecule has 0 aliphatic heterocycles. The first-order valence-corrected chi connectivity index (χ1v) is 5.64. The van der Waals surface area contributed by atoms with Crippen LogP contribution < -0.4 is 17.2 Å². The van der Waals surface area contributed by atoms with E-state index in [2.05, 4.69) is 18.7 Å². The van der Waals surface area contributed by atoms with E-state index in [-0.39, 0.29) is 12.3 Å². The summed E-state index contributed by atoms with van der Waals surface area (Å²) in [5, 5.41) is 0. The third kappa shape index (κ3) is 4.91. The van der Waals surface area contributed by atoms with Crippen molar-refractivity contribution < 1.29 is 0 Å². The van der Waals surface area contributed by atoms with Gasteiger partial charge in [0.2, 0.25) is 0 Å². The molecule has 0 aromatic rings. The Kier molecular flexibility index (Phi) is 8.08. The maximum atomic E-state index is 5.99. The molecule has 14 heavy (non-hydrogen) atoms. The summed E-state index contributed by atoms with van der Waals surface area (Å²) in [5.41, 5.74) is 17.4. The second kappa shape index (κ2) is 8.17. The van der Waals surface area contributed by atoms with Gasteiger partial charge >= 0.3 is 0 Å². The summed E-state index contributed by atoms with van der Waals surface area (Å²) in [6, 6.07) is 0. The van der Waals surface area contributed by atoms with E-state index in [1.54, 1.807) is 0 Å². The first kappa shape index (κ1) is 13.8. The highest BCUT2D eigenvalue weighted by Gasteiger charge is 2.17. The molecule has 2 unspecified atom stereocenters. The molecule has 0 aliphatic carbocycles. The molecule has 0 amide bonds. The highest BCUT2D eigenvalue weighted by Crippen LogP contribution is 2.06. The highest BCUT2D eigenvalue weighted by atomic mass is 15.3. The molecule has 0 aromatic carbocycles. The van der Waals surface area contributed by atoms with Crippen LogP contribution in [0.1, 0.15) is 39.5 Å². The number of unbranched alkanes of at least 4 members (excludes halogenated alkanes) is 1. The topological polar surface area (TPSA) is 81.3 Å². The lowest BCUT2D eigenvalue weighted by molar-refractivity contribution is 0.129. The summed E-state index contributed by atoms with van der Waals surface area (Å²) in [6.07, 6.45) is 4.18. The lowest BCUT2D eigenvalue weighted by atomic mass is 10.2. The Labute approximate surface area is 87.8 Å². The van der Waals surface area contributed by atoms with E-state index in [9.17, 15) is 0 Å². The fourth-order valence-corrected chi connectivity index (χ4v) is 1.49. The predicted octanol–water partition coefficient (Wildman–Crippen LogP) is 0.417. The van der Waals surface area contributed by atoms with Crippen LogP contribution in [0.5, 0.6) is 0 Å². The van der Waals surface area contributed by atoms with Gasteiger partial charge < -0.3 is 17.2 Å². The van der Waals surface area contributed by atoms with E-state index in [0.29, 0.717) is 0 Å². The van der Waals surface area contributed by atoms with Crippen molar-refractivity contribution in [3.8, 4) is 0 Å². The molecule has 4 nitrogen and oxygen atoms in total. The summed E-state index contributed by atoms with van der Waals surface area (Å²) in [5.74, 6) is 0. The zero-order chi connectivity index (χ0) is 11.0. The third-order valence-electron chi connectivity index (χ3n) is 2.56. The molecule has 0 bridgehead atoms. The van der Waals surface area contributed by atoms with Gasteiger partial charge in [-0.3, -0.25) is 4.90 Å². The smallest absolute Gasteiger partial charge is 0.0582 e. The van der Waals surface area contributed by atoms with Gasteiger partial charge in [0.05, 0.1) is 12.3 Å². The van der Waals surface area contributed by atoms with Crippen molar-refractivity contribution in [1.29, 1.82) is 0 Å². The summed E-state index contributed by atoms with van der Waals surface area (Å²) in [6.45, 7) is 5.88. The Hall–Kier alpha value is -0.160. The second-order valence-electron chi connectivity index (χ2n) is 3.68. The third-order valence-corrected chi connectivity index (χ3v) is 2.56. The standard InChI is InChI=1S/C10H26N4/c1-3-9(12)14(10(13)4-2)8-6-5-7-11/h9-10H,3-8,11-13H2,1-2H3. The first-order valence-electron chi connectivity index (χ1n) is 5.64. The number of nitrogens with zero attached hydrogens (tertiary/aromatic N) is 1. The number of hydrogen-bond acceptors (Lipinski definition) is 4. The van der Waals surface area contributed by atoms with Crippen LogP contribution in [0, 0.1) is 0 Å². The Morgan fingerprint density at radius 3 is 1.86 bits per heavy atom. The minimum atomic E-state index is 0.0859. The molecule has 0 aliphatic rings. The molecule has 0 spiro atoms. The fourth-order valence-electron chi connectivity index (χ4n) is 1.49. The van der Waals surface area contributed by atoms with Crippen molar-refractivity contribution in [3.63, 3.8) is 0 Å². The number of hydrogen-bond donors (Lipinski definition) is 3. The van der Waals surface area contributed by atoms with Crippen LogP contribution in [-0.4, -0.2) is 30.3 Å². The lowest BCUT2D eigenvalue weighted by Crippen LogP contribution is -2.52. The molecular formula is C10H26N4. The van der Waals surface area contributed by atoms with E-state index in [4.69, 9.17) is 17.2 Å². The summed E-state index contributed by atoms with van der Waals surface area (Å²) < 4.78 is 0. The van der Waals surface area contributed by atoms with Gasteiger partial charge in [0.15, 0.2) is 0 Å². The average molecular weight is 202 g/mol. The van der Waals surface area contributed by atoms with Crippen molar-refractivity contribution in [1.82, 2.24) is 4.90 Å². The van der Waals surface area contributed by atoms with Crippen molar-refractivity contribution in [2.45, 2.75) is 51.9 Å². The van der Waals surface area contributed by atoms with Crippen LogP contribution in [0.3, 0.4) is 0 Å². The Morgan fingerprint density at radius 1 is 1.00 bits per heavy atom. The van der Waals surface area contributed by atoms with Crippen LogP contribution in [0.4, 0.5) is 0 Å². The predicted molar refractivity (Wildman–Crippen MR) is 61.5 cm³/mol. The van der Waals surface area contributed by atoms with E-state index >= 15 is 0 Å². The van der Waals surface area contributed by atoms with Gasteiger partial charge in [0.1, 0.15) is 0 Å². The highest BCUT2D eigenvalue weighted by molar-refractivity contribution is 4.70. The van der Waals surface area contributed by atoms with Crippen LogP contribution >= 0.6 is 0 Å². The Morgan fingerprint density at radius 2 is 1.50 bits per heavy atom. The van der Waals surface area contributed by atoms with Crippen molar-refractivity contribution in [3.05, 3.63) is 0 Å². The first-order chi connectivity index (χ1) is 6.67. The minimum Gasteiger partial charge on any atom is -0.330 e. The minimum absolute atomic E-state index is 0.0859. The lowest BCUT2D eigenvalue weighted by Gasteiger charge is -2.33. The van der Waals surface area contributed by atoms with Gasteiger partial charge in [-0.25, -0.2) is 0 Å². The van der Waals surface area contributed by atoms with Crippen LogP contribution in [0.2, 0.25) is 0 Å². The van der Waals surface area contributed by atoms with Crippen molar-refractivity contribution in [2.24, 2.45) is 17.2 Å². The zero-order valence-electron chi connectivity index (χ0n) is 9.58. The number of rotatable bonds is 8. The summed E-state index contributed by atoms with van der Waals surface area (Å²) in [7, 11) is 0. The molecule has 4 heteroatoms. The van der Waals surface area contributed by atoms with E-state index < -0.39 is 0 Å². The van der Waals surface area contributed by atoms with Gasteiger partial charge in [0, 0.05) is 6.54 Å². The quantitative estimate of drug-likeness (QED) is 0.393. The monoisotopic (exact) mass is 202 g/mol. The summed E-state index contributed by atoms with van der Waals surface area (Å²) >= 11 is 0. The molecule has 0 rings (SSSR count). The Bertz CT molecular complexity index is 119. The molecule has 6 N–H and O–H groups in total. The van der Waals surface area contributed by atoms with Gasteiger partial charge in [-0.1, -0.05) is 13.8 Å². The van der Waals surface area contributed by atoms with E-state index in [1.165, 1.54) is 0 Å². The molecule has 0 saturated heterocycles. The van der Waals surface area contributed by atoms with Gasteiger partial charge in [-0.2, -0.15) is 0 Å². The SMILES string of the molecule is CCC(N)N(CCCCN)C(N)CC. The molecule has 0 heterocycles. The second-order valence-corrected chi connectivity index (χ2v) is 3.68. The van der Waals surface area contributed by atoms with Gasteiger partial charge in [-0.15, -0.1) is 0 Å². The molecular weight excluding hydrogens is 176 g/mol. The molecule has 0 saturated carbocycles. The van der Waals surface area contributed by atoms with Crippen LogP contribution in [0.15, 0.2) is 0 Å². The Balaban J connectivity index is 3.97. The zero-order valence-corrected chi connectivity index (χ0v) is 9.58. The van der Waals surface area contributed by atoms with Crippen LogP contribution in [-0.2, 0) is 0 Å². The van der Waals surface area contributed by atoms with Crippen molar-refractivity contribution in [2.75, 3.05) is 13.1 Å². The maximum absolute atomic E-state index is 5.99. The summed E-state index contributed by atoms with van der Waals surface area (Å²) in [4.78, 5) is 2.18. The van der Waals surface area contributed by atoms with E-state index in [1.807, 2.05) is 0 Å². The van der Waals surface area contributed by atoms with Gasteiger partial charge in [0.25, 0.3) is 0 Å². The van der Waals surface area contributed by atoms with Crippen LogP contribution in [0.25, 0.3) is 0 Å². The maximum Gasteiger partial charge on any atom is 0.0582 e. The molecule has 0 radical (unpaired) electrons. The van der Waals surface area contributed by atoms with Gasteiger partial charge in [-0.05, 0) is 32.2 Å². The molecule has 0 fully saturated rings. The largest absolute Gasteiger partial charge is 0.330 e. The van der Waals surface area contributed by atoms with Crippen molar-refractivity contribution >= 4 is 0 Å². The molecule has 2 atom stereocenters.